The van der Waals surface area contributed by atoms with Gasteiger partial charge in [0.15, 0.2) is 0 Å². The molecule has 0 aliphatic heterocycles. The van der Waals surface area contributed by atoms with E-state index in [1.54, 1.807) is 0 Å². The summed E-state index contributed by atoms with van der Waals surface area (Å²) >= 11 is 3.38. The molecule has 0 heterocycles. The SMILES string of the molecule is CCc1cccc(C)c1NC(=O)CC(=O)Nc1ccc(Br)cc1C. The van der Waals surface area contributed by atoms with Crippen molar-refractivity contribution < 1.29 is 9.59 Å². The van der Waals surface area contributed by atoms with Crippen molar-refractivity contribution in [2.45, 2.75) is 33.6 Å². The van der Waals surface area contributed by atoms with Crippen LogP contribution >= 0.6 is 15.9 Å². The van der Waals surface area contributed by atoms with Gasteiger partial charge in [-0.25, -0.2) is 0 Å². The summed E-state index contributed by atoms with van der Waals surface area (Å²) in [5, 5.41) is 5.64. The Kier molecular flexibility index (Phi) is 6.15. The molecule has 0 saturated carbocycles. The Morgan fingerprint density at radius 1 is 1.00 bits per heavy atom. The Hall–Kier alpha value is -2.14. The van der Waals surface area contributed by atoms with Crippen LogP contribution in [0.25, 0.3) is 0 Å². The van der Waals surface area contributed by atoms with Crippen molar-refractivity contribution in [2.75, 3.05) is 10.6 Å². The van der Waals surface area contributed by atoms with E-state index >= 15 is 0 Å². The number of amides is 2. The van der Waals surface area contributed by atoms with Crippen LogP contribution in [0.5, 0.6) is 0 Å². The van der Waals surface area contributed by atoms with Gasteiger partial charge >= 0.3 is 0 Å². The van der Waals surface area contributed by atoms with Gasteiger partial charge < -0.3 is 10.6 Å². The molecule has 2 aromatic rings. The molecule has 0 fully saturated rings. The Balaban J connectivity index is 2.01. The van der Waals surface area contributed by atoms with Crippen molar-refractivity contribution in [2.24, 2.45) is 0 Å². The summed E-state index contributed by atoms with van der Waals surface area (Å²) in [7, 11) is 0. The third kappa shape index (κ3) is 4.68. The van der Waals surface area contributed by atoms with Crippen LogP contribution in [0.15, 0.2) is 40.9 Å². The van der Waals surface area contributed by atoms with Crippen LogP contribution in [0, 0.1) is 13.8 Å². The number of carbonyl (C=O) groups is 2. The monoisotopic (exact) mass is 388 g/mol. The first kappa shape index (κ1) is 18.2. The fourth-order valence-electron chi connectivity index (χ4n) is 2.49. The lowest BCUT2D eigenvalue weighted by Gasteiger charge is -2.13. The van der Waals surface area contributed by atoms with E-state index in [1.807, 2.05) is 57.2 Å². The quantitative estimate of drug-likeness (QED) is 0.735. The molecule has 0 saturated heterocycles. The molecule has 2 amide bonds. The molecule has 126 valence electrons. The minimum atomic E-state index is -0.329. The molecule has 2 N–H and O–H groups in total. The highest BCUT2D eigenvalue weighted by Gasteiger charge is 2.13. The number of para-hydroxylation sites is 1. The van der Waals surface area contributed by atoms with Crippen LogP contribution in [0.3, 0.4) is 0 Å². The van der Waals surface area contributed by atoms with Crippen molar-refractivity contribution in [3.05, 3.63) is 57.6 Å². The number of aryl methyl sites for hydroxylation is 3. The van der Waals surface area contributed by atoms with E-state index in [4.69, 9.17) is 0 Å². The van der Waals surface area contributed by atoms with Gasteiger partial charge in [-0.1, -0.05) is 41.1 Å². The number of anilines is 2. The summed E-state index contributed by atoms with van der Waals surface area (Å²) in [6, 6.07) is 11.5. The van der Waals surface area contributed by atoms with Gasteiger partial charge in [0.05, 0.1) is 0 Å². The van der Waals surface area contributed by atoms with Crippen LogP contribution in [-0.2, 0) is 16.0 Å². The number of benzene rings is 2. The third-order valence-electron chi connectivity index (χ3n) is 3.79. The van der Waals surface area contributed by atoms with Crippen LogP contribution in [0.2, 0.25) is 0 Å². The number of carbonyl (C=O) groups excluding carboxylic acids is 2. The van der Waals surface area contributed by atoms with Crippen LogP contribution < -0.4 is 10.6 Å². The van der Waals surface area contributed by atoms with E-state index in [2.05, 4.69) is 26.6 Å². The maximum absolute atomic E-state index is 12.2. The zero-order valence-electron chi connectivity index (χ0n) is 14.1. The molecule has 0 aliphatic rings. The molecule has 0 spiro atoms. The number of nitrogens with one attached hydrogen (secondary N) is 2. The Morgan fingerprint density at radius 3 is 2.38 bits per heavy atom. The number of rotatable bonds is 5. The lowest BCUT2D eigenvalue weighted by Crippen LogP contribution is -2.22. The predicted molar refractivity (Wildman–Crippen MR) is 101 cm³/mol. The van der Waals surface area contributed by atoms with Gasteiger partial charge in [0, 0.05) is 15.8 Å². The van der Waals surface area contributed by atoms with Crippen molar-refractivity contribution in [3.8, 4) is 0 Å². The molecule has 0 aromatic heterocycles. The van der Waals surface area contributed by atoms with E-state index in [0.29, 0.717) is 5.69 Å². The number of hydrogen-bond acceptors (Lipinski definition) is 2. The largest absolute Gasteiger partial charge is 0.325 e. The lowest BCUT2D eigenvalue weighted by molar-refractivity contribution is -0.123. The summed E-state index contributed by atoms with van der Waals surface area (Å²) < 4.78 is 0.947. The molecule has 24 heavy (non-hydrogen) atoms. The maximum atomic E-state index is 12.2. The van der Waals surface area contributed by atoms with Gasteiger partial charge in [-0.2, -0.15) is 0 Å². The Bertz CT molecular complexity index is 772. The van der Waals surface area contributed by atoms with Gasteiger partial charge in [-0.3, -0.25) is 9.59 Å². The highest BCUT2D eigenvalue weighted by molar-refractivity contribution is 9.10. The summed E-state index contributed by atoms with van der Waals surface area (Å²) in [6.45, 7) is 5.88. The predicted octanol–water partition coefficient (Wildman–Crippen LogP) is 4.60. The van der Waals surface area contributed by atoms with E-state index in [9.17, 15) is 9.59 Å². The highest BCUT2D eigenvalue weighted by atomic mass is 79.9. The van der Waals surface area contributed by atoms with Gasteiger partial charge in [0.1, 0.15) is 6.42 Å². The smallest absolute Gasteiger partial charge is 0.233 e. The molecule has 2 aromatic carbocycles. The average Bonchev–Trinajstić information content (AvgIpc) is 2.52. The molecule has 2 rings (SSSR count). The van der Waals surface area contributed by atoms with E-state index in [1.165, 1.54) is 0 Å². The zero-order chi connectivity index (χ0) is 17.7. The molecule has 4 nitrogen and oxygen atoms in total. The van der Waals surface area contributed by atoms with E-state index in [-0.39, 0.29) is 18.2 Å². The van der Waals surface area contributed by atoms with Crippen molar-refractivity contribution in [1.29, 1.82) is 0 Å². The second-order valence-corrected chi connectivity index (χ2v) is 6.61. The molecule has 0 radical (unpaired) electrons. The van der Waals surface area contributed by atoms with Gasteiger partial charge in [-0.05, 0) is 55.2 Å². The third-order valence-corrected chi connectivity index (χ3v) is 4.28. The fourth-order valence-corrected chi connectivity index (χ4v) is 2.97. The summed E-state index contributed by atoms with van der Waals surface area (Å²) in [6.07, 6.45) is 0.606. The Labute approximate surface area is 150 Å². The standard InChI is InChI=1S/C19H21BrN2O2/c1-4-14-7-5-6-12(2)19(14)22-18(24)11-17(23)21-16-9-8-15(20)10-13(16)3/h5-10H,4,11H2,1-3H3,(H,21,23)(H,22,24). The Morgan fingerprint density at radius 2 is 1.71 bits per heavy atom. The summed E-state index contributed by atoms with van der Waals surface area (Å²) in [5.41, 5.74) is 4.50. The fraction of sp³-hybridized carbons (Fsp3) is 0.263. The second kappa shape index (κ2) is 8.11. The highest BCUT2D eigenvalue weighted by Crippen LogP contribution is 2.22. The molecular weight excluding hydrogens is 368 g/mol. The van der Waals surface area contributed by atoms with Crippen molar-refractivity contribution in [3.63, 3.8) is 0 Å². The minimum absolute atomic E-state index is 0.215. The average molecular weight is 389 g/mol. The topological polar surface area (TPSA) is 58.2 Å². The molecule has 5 heteroatoms. The van der Waals surface area contributed by atoms with Gasteiger partial charge in [0.2, 0.25) is 11.8 Å². The normalized spacial score (nSPS) is 10.3. The van der Waals surface area contributed by atoms with Crippen molar-refractivity contribution in [1.82, 2.24) is 0 Å². The van der Waals surface area contributed by atoms with Crippen LogP contribution in [-0.4, -0.2) is 11.8 Å². The summed E-state index contributed by atoms with van der Waals surface area (Å²) in [5.74, 6) is -0.643. The summed E-state index contributed by atoms with van der Waals surface area (Å²) in [4.78, 5) is 24.3. The minimum Gasteiger partial charge on any atom is -0.325 e. The first-order chi connectivity index (χ1) is 11.4. The molecule has 0 bridgehead atoms. The van der Waals surface area contributed by atoms with Crippen LogP contribution in [0.4, 0.5) is 11.4 Å². The molecule has 0 atom stereocenters. The maximum Gasteiger partial charge on any atom is 0.233 e. The van der Waals surface area contributed by atoms with Gasteiger partial charge in [0.25, 0.3) is 0 Å². The van der Waals surface area contributed by atoms with Crippen molar-refractivity contribution >= 4 is 39.1 Å². The zero-order valence-corrected chi connectivity index (χ0v) is 15.7. The van der Waals surface area contributed by atoms with Gasteiger partial charge in [-0.15, -0.1) is 0 Å². The molecular formula is C19H21BrN2O2. The lowest BCUT2D eigenvalue weighted by atomic mass is 10.1. The second-order valence-electron chi connectivity index (χ2n) is 5.69. The van der Waals surface area contributed by atoms with Crippen LogP contribution in [0.1, 0.15) is 30.0 Å². The number of hydrogen-bond donors (Lipinski definition) is 2. The first-order valence-corrected chi connectivity index (χ1v) is 8.64. The first-order valence-electron chi connectivity index (χ1n) is 7.85. The number of halogens is 1. The van der Waals surface area contributed by atoms with E-state index < -0.39 is 0 Å². The van der Waals surface area contributed by atoms with E-state index in [0.717, 1.165) is 33.3 Å². The molecule has 0 unspecified atom stereocenters. The molecule has 0 aliphatic carbocycles.